The van der Waals surface area contributed by atoms with Crippen molar-refractivity contribution >= 4 is 32.8 Å². The van der Waals surface area contributed by atoms with Gasteiger partial charge in [0.25, 0.3) is 0 Å². The van der Waals surface area contributed by atoms with Crippen LogP contribution in [0, 0.1) is 0 Å². The fraction of sp³-hybridized carbons (Fsp3) is 0.0714. The number of benzene rings is 4. The van der Waals surface area contributed by atoms with E-state index in [1.807, 2.05) is 57.7 Å². The summed E-state index contributed by atoms with van der Waals surface area (Å²) in [6, 6.07) is 24.8. The molecule has 0 radical (unpaired) electrons. The molecule has 6 aromatic rings. The lowest BCUT2D eigenvalue weighted by molar-refractivity contribution is -0.138. The second kappa shape index (κ2) is 7.65. The summed E-state index contributed by atoms with van der Waals surface area (Å²) < 4.78 is 83.0. The molecular formula is C28H16F6N2. The second-order valence-corrected chi connectivity index (χ2v) is 8.49. The molecular weight excluding hydrogens is 478 g/mol. The van der Waals surface area contributed by atoms with E-state index in [1.165, 1.54) is 24.3 Å². The lowest BCUT2D eigenvalue weighted by Gasteiger charge is -2.14. The Bertz CT molecular complexity index is 1610. The van der Waals surface area contributed by atoms with E-state index in [1.54, 1.807) is 0 Å². The molecule has 0 aliphatic carbocycles. The highest BCUT2D eigenvalue weighted by Gasteiger charge is 2.31. The Labute approximate surface area is 200 Å². The predicted octanol–water partition coefficient (Wildman–Crippen LogP) is 8.77. The highest BCUT2D eigenvalue weighted by molar-refractivity contribution is 6.22. The van der Waals surface area contributed by atoms with E-state index in [9.17, 15) is 26.3 Å². The lowest BCUT2D eigenvalue weighted by atomic mass is 10.1. The number of fused-ring (bicyclic) bond motifs is 5. The number of rotatable bonds is 2. The van der Waals surface area contributed by atoms with Crippen molar-refractivity contribution in [2.24, 2.45) is 0 Å². The van der Waals surface area contributed by atoms with E-state index < -0.39 is 23.5 Å². The van der Waals surface area contributed by atoms with Gasteiger partial charge in [0.2, 0.25) is 0 Å². The molecule has 0 aliphatic heterocycles. The molecule has 0 saturated heterocycles. The first-order valence-electron chi connectivity index (χ1n) is 11.0. The summed E-state index contributed by atoms with van der Waals surface area (Å²) in [7, 11) is 0. The number of halogens is 6. The molecule has 2 aromatic heterocycles. The van der Waals surface area contributed by atoms with Gasteiger partial charge in [0.05, 0.1) is 22.2 Å². The van der Waals surface area contributed by atoms with Gasteiger partial charge in [0.15, 0.2) is 0 Å². The monoisotopic (exact) mass is 494 g/mol. The van der Waals surface area contributed by atoms with Crippen molar-refractivity contribution < 1.29 is 26.3 Å². The molecule has 0 amide bonds. The standard InChI is InChI=1S/C28H16F6N2/c29-27(30,31)17-9-13-19(14-10-17)35-23-7-3-1-5-21(23)25-22-6-2-4-8-24(22)36(26(25)35)20-15-11-18(12-16-20)28(32,33)34/h1-16H. The normalized spacial score (nSPS) is 12.7. The average molecular weight is 494 g/mol. The van der Waals surface area contributed by atoms with Crippen LogP contribution >= 0.6 is 0 Å². The maximum absolute atomic E-state index is 13.2. The first-order valence-corrected chi connectivity index (χ1v) is 11.0. The highest BCUT2D eigenvalue weighted by Crippen LogP contribution is 2.41. The van der Waals surface area contributed by atoms with Gasteiger partial charge < -0.3 is 0 Å². The van der Waals surface area contributed by atoms with Crippen molar-refractivity contribution in [1.29, 1.82) is 0 Å². The largest absolute Gasteiger partial charge is 0.416 e. The third-order valence-electron chi connectivity index (χ3n) is 6.38. The number of para-hydroxylation sites is 2. The SMILES string of the molecule is FC(F)(F)c1ccc(-n2c3ccccc3c3c4ccccc4n(-c4ccc(C(F)(F)F)cc4)c32)cc1. The Morgan fingerprint density at radius 2 is 0.806 bits per heavy atom. The van der Waals surface area contributed by atoms with Gasteiger partial charge >= 0.3 is 12.4 Å². The smallest absolute Gasteiger partial charge is 0.295 e. The molecule has 4 aromatic carbocycles. The highest BCUT2D eigenvalue weighted by atomic mass is 19.4. The van der Waals surface area contributed by atoms with Crippen molar-refractivity contribution in [2.45, 2.75) is 12.4 Å². The van der Waals surface area contributed by atoms with Gasteiger partial charge in [0, 0.05) is 27.5 Å². The minimum atomic E-state index is -4.47. The van der Waals surface area contributed by atoms with Crippen LogP contribution in [0.25, 0.3) is 44.2 Å². The summed E-state index contributed by atoms with van der Waals surface area (Å²) in [5.74, 6) is 0. The fourth-order valence-electron chi connectivity index (χ4n) is 4.82. The van der Waals surface area contributed by atoms with Crippen LogP contribution in [0.5, 0.6) is 0 Å². The fourth-order valence-corrected chi connectivity index (χ4v) is 4.82. The molecule has 2 heterocycles. The first-order chi connectivity index (χ1) is 17.1. The van der Waals surface area contributed by atoms with Crippen molar-refractivity contribution in [3.8, 4) is 11.4 Å². The molecule has 0 unspecified atom stereocenters. The van der Waals surface area contributed by atoms with Crippen molar-refractivity contribution in [1.82, 2.24) is 9.13 Å². The van der Waals surface area contributed by atoms with Crippen molar-refractivity contribution in [2.75, 3.05) is 0 Å². The molecule has 0 N–H and O–H groups in total. The molecule has 0 saturated carbocycles. The van der Waals surface area contributed by atoms with Crippen molar-refractivity contribution in [3.05, 3.63) is 108 Å². The Morgan fingerprint density at radius 3 is 1.17 bits per heavy atom. The van der Waals surface area contributed by atoms with Gasteiger partial charge in [-0.2, -0.15) is 26.3 Å². The van der Waals surface area contributed by atoms with E-state index in [-0.39, 0.29) is 0 Å². The number of hydrogen-bond acceptors (Lipinski definition) is 0. The summed E-state index contributed by atoms with van der Waals surface area (Å²) in [5, 5.41) is 2.63. The number of aromatic nitrogens is 2. The van der Waals surface area contributed by atoms with Gasteiger partial charge in [-0.25, -0.2) is 0 Å². The Hall–Kier alpha value is -4.20. The number of hydrogen-bond donors (Lipinski definition) is 0. The summed E-state index contributed by atoms with van der Waals surface area (Å²) >= 11 is 0. The number of nitrogens with zero attached hydrogens (tertiary/aromatic N) is 2. The Balaban J connectivity index is 1.72. The van der Waals surface area contributed by atoms with E-state index in [0.717, 1.165) is 51.5 Å². The molecule has 0 atom stereocenters. The molecule has 0 bridgehead atoms. The summed E-state index contributed by atoms with van der Waals surface area (Å²) in [6.07, 6.45) is -8.94. The van der Waals surface area contributed by atoms with Gasteiger partial charge in [-0.05, 0) is 60.7 Å². The van der Waals surface area contributed by atoms with Crippen LogP contribution in [0.4, 0.5) is 26.3 Å². The van der Waals surface area contributed by atoms with Crippen LogP contribution < -0.4 is 0 Å². The van der Waals surface area contributed by atoms with Crippen LogP contribution in [-0.2, 0) is 12.4 Å². The maximum atomic E-state index is 13.2. The lowest BCUT2D eigenvalue weighted by Crippen LogP contribution is -2.07. The predicted molar refractivity (Wildman–Crippen MR) is 128 cm³/mol. The van der Waals surface area contributed by atoms with Gasteiger partial charge in [0.1, 0.15) is 5.65 Å². The zero-order chi connectivity index (χ0) is 25.2. The van der Waals surface area contributed by atoms with E-state index in [2.05, 4.69) is 0 Å². The Morgan fingerprint density at radius 1 is 0.444 bits per heavy atom. The molecule has 0 spiro atoms. The Kier molecular flexibility index (Phi) is 4.73. The maximum Gasteiger partial charge on any atom is 0.416 e. The third-order valence-corrected chi connectivity index (χ3v) is 6.38. The second-order valence-electron chi connectivity index (χ2n) is 8.49. The summed E-state index contributed by atoms with van der Waals surface area (Å²) in [5.41, 5.74) is 1.68. The summed E-state index contributed by atoms with van der Waals surface area (Å²) in [6.45, 7) is 0. The van der Waals surface area contributed by atoms with Gasteiger partial charge in [-0.15, -0.1) is 0 Å². The quantitative estimate of drug-likeness (QED) is 0.213. The summed E-state index contributed by atoms with van der Waals surface area (Å²) in [4.78, 5) is 0. The molecule has 36 heavy (non-hydrogen) atoms. The third kappa shape index (κ3) is 3.36. The molecule has 6 rings (SSSR count). The molecule has 2 nitrogen and oxygen atoms in total. The van der Waals surface area contributed by atoms with Crippen LogP contribution in [0.3, 0.4) is 0 Å². The van der Waals surface area contributed by atoms with E-state index in [0.29, 0.717) is 17.0 Å². The first kappa shape index (κ1) is 22.3. The molecule has 0 fully saturated rings. The van der Waals surface area contributed by atoms with Crippen molar-refractivity contribution in [3.63, 3.8) is 0 Å². The van der Waals surface area contributed by atoms with Crippen LogP contribution in [0.2, 0.25) is 0 Å². The van der Waals surface area contributed by atoms with E-state index in [4.69, 9.17) is 0 Å². The van der Waals surface area contributed by atoms with Gasteiger partial charge in [-0.1, -0.05) is 36.4 Å². The van der Waals surface area contributed by atoms with Crippen LogP contribution in [-0.4, -0.2) is 9.13 Å². The minimum Gasteiger partial charge on any atom is -0.295 e. The van der Waals surface area contributed by atoms with Gasteiger partial charge in [-0.3, -0.25) is 9.13 Å². The zero-order valence-electron chi connectivity index (χ0n) is 18.4. The topological polar surface area (TPSA) is 9.86 Å². The zero-order valence-corrected chi connectivity index (χ0v) is 18.4. The number of alkyl halides is 6. The van der Waals surface area contributed by atoms with Crippen LogP contribution in [0.15, 0.2) is 97.1 Å². The molecule has 8 heteroatoms. The van der Waals surface area contributed by atoms with E-state index >= 15 is 0 Å². The van der Waals surface area contributed by atoms with Crippen LogP contribution in [0.1, 0.15) is 11.1 Å². The molecule has 180 valence electrons. The molecule has 0 aliphatic rings. The average Bonchev–Trinajstić information content (AvgIpc) is 3.36. The minimum absolute atomic E-state index is 0.505.